The summed E-state index contributed by atoms with van der Waals surface area (Å²) >= 11 is 0. The van der Waals surface area contributed by atoms with E-state index in [4.69, 9.17) is 5.73 Å². The SMILES string of the molecule is C[Si]1(C)CCC(CN)C1. The van der Waals surface area contributed by atoms with E-state index in [0.717, 1.165) is 12.5 Å². The summed E-state index contributed by atoms with van der Waals surface area (Å²) in [6.07, 6.45) is 1.41. The van der Waals surface area contributed by atoms with Gasteiger partial charge in [0.05, 0.1) is 0 Å². The van der Waals surface area contributed by atoms with Gasteiger partial charge in [0.25, 0.3) is 0 Å². The third-order valence-corrected chi connectivity index (χ3v) is 5.73. The topological polar surface area (TPSA) is 26.0 Å². The molecule has 0 saturated carbocycles. The molecule has 2 N–H and O–H groups in total. The van der Waals surface area contributed by atoms with E-state index in [-0.39, 0.29) is 0 Å². The maximum absolute atomic E-state index is 5.58. The summed E-state index contributed by atoms with van der Waals surface area (Å²) in [4.78, 5) is 0. The zero-order valence-corrected chi connectivity index (χ0v) is 7.48. The van der Waals surface area contributed by atoms with Crippen molar-refractivity contribution in [3.63, 3.8) is 0 Å². The van der Waals surface area contributed by atoms with Crippen LogP contribution in [0.2, 0.25) is 25.2 Å². The van der Waals surface area contributed by atoms with E-state index in [2.05, 4.69) is 13.1 Å². The fourth-order valence-corrected chi connectivity index (χ4v) is 5.11. The van der Waals surface area contributed by atoms with Crippen molar-refractivity contribution in [2.45, 2.75) is 31.6 Å². The van der Waals surface area contributed by atoms with Gasteiger partial charge in [0.2, 0.25) is 0 Å². The highest BCUT2D eigenvalue weighted by Crippen LogP contribution is 2.33. The lowest BCUT2D eigenvalue weighted by atomic mass is 10.1. The lowest BCUT2D eigenvalue weighted by Gasteiger charge is -2.13. The predicted octanol–water partition coefficient (Wildman–Crippen LogP) is 1.67. The van der Waals surface area contributed by atoms with E-state index in [1.165, 1.54) is 18.5 Å². The maximum atomic E-state index is 5.58. The van der Waals surface area contributed by atoms with Crippen molar-refractivity contribution < 1.29 is 0 Å². The molecule has 1 rings (SSSR count). The van der Waals surface area contributed by atoms with Gasteiger partial charge in [-0.2, -0.15) is 0 Å². The maximum Gasteiger partial charge on any atom is 0.0477 e. The molecule has 1 saturated heterocycles. The lowest BCUT2D eigenvalue weighted by molar-refractivity contribution is 0.602. The normalized spacial score (nSPS) is 33.0. The molecule has 0 aliphatic carbocycles. The molecule has 0 spiro atoms. The number of rotatable bonds is 1. The van der Waals surface area contributed by atoms with Crippen LogP contribution in [-0.4, -0.2) is 14.6 Å². The van der Waals surface area contributed by atoms with Crippen molar-refractivity contribution in [3.8, 4) is 0 Å². The van der Waals surface area contributed by atoms with Crippen LogP contribution in [0.1, 0.15) is 6.42 Å². The lowest BCUT2D eigenvalue weighted by Crippen LogP contribution is -2.21. The summed E-state index contributed by atoms with van der Waals surface area (Å²) in [7, 11) is -0.704. The first-order valence-corrected chi connectivity index (χ1v) is 7.25. The van der Waals surface area contributed by atoms with Gasteiger partial charge in [-0.05, 0) is 12.5 Å². The molecule has 1 fully saturated rings. The van der Waals surface area contributed by atoms with Crippen molar-refractivity contribution in [3.05, 3.63) is 0 Å². The first-order valence-electron chi connectivity index (χ1n) is 3.84. The molecular weight excluding hydrogens is 126 g/mol. The second-order valence-corrected chi connectivity index (χ2v) is 9.25. The van der Waals surface area contributed by atoms with E-state index in [1.807, 2.05) is 0 Å². The van der Waals surface area contributed by atoms with Crippen LogP contribution in [-0.2, 0) is 0 Å². The van der Waals surface area contributed by atoms with Gasteiger partial charge in [-0.3, -0.25) is 0 Å². The van der Waals surface area contributed by atoms with Gasteiger partial charge in [0, 0.05) is 8.07 Å². The zero-order chi connectivity index (χ0) is 6.91. The van der Waals surface area contributed by atoms with E-state index >= 15 is 0 Å². The average molecular weight is 143 g/mol. The van der Waals surface area contributed by atoms with Crippen LogP contribution in [0.3, 0.4) is 0 Å². The molecule has 1 atom stereocenters. The smallest absolute Gasteiger partial charge is 0.0477 e. The minimum atomic E-state index is -0.704. The van der Waals surface area contributed by atoms with Gasteiger partial charge >= 0.3 is 0 Å². The second-order valence-electron chi connectivity index (χ2n) is 4.01. The molecule has 0 aromatic carbocycles. The van der Waals surface area contributed by atoms with Gasteiger partial charge < -0.3 is 5.73 Å². The third-order valence-electron chi connectivity index (χ3n) is 2.40. The fraction of sp³-hybridized carbons (Fsp3) is 1.00. The molecule has 1 unspecified atom stereocenters. The molecule has 0 aromatic rings. The van der Waals surface area contributed by atoms with Gasteiger partial charge in [-0.25, -0.2) is 0 Å². The Bertz CT molecular complexity index is 101. The molecule has 54 valence electrons. The van der Waals surface area contributed by atoms with Crippen LogP contribution in [0, 0.1) is 5.92 Å². The quantitative estimate of drug-likeness (QED) is 0.555. The average Bonchev–Trinajstić information content (AvgIpc) is 2.10. The largest absolute Gasteiger partial charge is 0.330 e. The Kier molecular flexibility index (Phi) is 1.96. The van der Waals surface area contributed by atoms with Crippen LogP contribution in [0.5, 0.6) is 0 Å². The molecule has 0 bridgehead atoms. The molecule has 0 amide bonds. The van der Waals surface area contributed by atoms with Crippen LogP contribution in [0.15, 0.2) is 0 Å². The summed E-state index contributed by atoms with van der Waals surface area (Å²) in [5.74, 6) is 0.881. The molecular formula is C7H17NSi. The van der Waals surface area contributed by atoms with Crippen molar-refractivity contribution >= 4 is 8.07 Å². The Balaban J connectivity index is 2.38. The van der Waals surface area contributed by atoms with Gasteiger partial charge in [-0.1, -0.05) is 31.6 Å². The molecule has 2 heteroatoms. The Morgan fingerprint density at radius 1 is 1.56 bits per heavy atom. The first kappa shape index (κ1) is 7.29. The molecule has 1 aliphatic heterocycles. The highest BCUT2D eigenvalue weighted by molar-refractivity contribution is 6.78. The summed E-state index contributed by atoms with van der Waals surface area (Å²) in [5.41, 5.74) is 5.58. The summed E-state index contributed by atoms with van der Waals surface area (Å²) in [6, 6.07) is 2.98. The first-order chi connectivity index (χ1) is 4.14. The monoisotopic (exact) mass is 143 g/mol. The highest BCUT2D eigenvalue weighted by atomic mass is 28.3. The van der Waals surface area contributed by atoms with E-state index < -0.39 is 8.07 Å². The van der Waals surface area contributed by atoms with Gasteiger partial charge in [0.15, 0.2) is 0 Å². The Morgan fingerprint density at radius 2 is 2.22 bits per heavy atom. The molecule has 0 radical (unpaired) electrons. The highest BCUT2D eigenvalue weighted by Gasteiger charge is 2.31. The summed E-state index contributed by atoms with van der Waals surface area (Å²) < 4.78 is 0. The Hall–Kier alpha value is 0.177. The van der Waals surface area contributed by atoms with Crippen molar-refractivity contribution in [1.82, 2.24) is 0 Å². The summed E-state index contributed by atoms with van der Waals surface area (Å²) in [6.45, 7) is 5.88. The molecule has 0 aromatic heterocycles. The van der Waals surface area contributed by atoms with Gasteiger partial charge in [-0.15, -0.1) is 0 Å². The van der Waals surface area contributed by atoms with Crippen LogP contribution in [0.4, 0.5) is 0 Å². The van der Waals surface area contributed by atoms with Crippen molar-refractivity contribution in [2.24, 2.45) is 11.7 Å². The third kappa shape index (κ3) is 1.80. The van der Waals surface area contributed by atoms with Crippen molar-refractivity contribution in [1.29, 1.82) is 0 Å². The Labute approximate surface area is 58.6 Å². The number of hydrogen-bond donors (Lipinski definition) is 1. The van der Waals surface area contributed by atoms with Crippen LogP contribution < -0.4 is 5.73 Å². The molecule has 1 nitrogen and oxygen atoms in total. The second kappa shape index (κ2) is 2.43. The predicted molar refractivity (Wildman–Crippen MR) is 44.3 cm³/mol. The van der Waals surface area contributed by atoms with E-state index in [0.29, 0.717) is 0 Å². The fourth-order valence-electron chi connectivity index (χ4n) is 1.78. The molecule has 1 aliphatic rings. The Morgan fingerprint density at radius 3 is 2.44 bits per heavy atom. The minimum Gasteiger partial charge on any atom is -0.330 e. The van der Waals surface area contributed by atoms with Crippen LogP contribution in [0.25, 0.3) is 0 Å². The van der Waals surface area contributed by atoms with Gasteiger partial charge in [0.1, 0.15) is 0 Å². The van der Waals surface area contributed by atoms with Crippen molar-refractivity contribution in [2.75, 3.05) is 6.54 Å². The van der Waals surface area contributed by atoms with E-state index in [1.54, 1.807) is 0 Å². The standard InChI is InChI=1S/C7H17NSi/c1-9(2)4-3-7(5-8)6-9/h7H,3-6,8H2,1-2H3. The minimum absolute atomic E-state index is 0.704. The zero-order valence-electron chi connectivity index (χ0n) is 6.48. The molecule has 9 heavy (non-hydrogen) atoms. The van der Waals surface area contributed by atoms with Crippen LogP contribution >= 0.6 is 0 Å². The number of nitrogens with two attached hydrogens (primary N) is 1. The van der Waals surface area contributed by atoms with E-state index in [9.17, 15) is 0 Å². The summed E-state index contributed by atoms with van der Waals surface area (Å²) in [5, 5.41) is 0. The molecule has 1 heterocycles. The number of hydrogen-bond acceptors (Lipinski definition) is 1.